The van der Waals surface area contributed by atoms with Gasteiger partial charge in [0.2, 0.25) is 0 Å². The van der Waals surface area contributed by atoms with Crippen LogP contribution >= 0.6 is 0 Å². The lowest BCUT2D eigenvalue weighted by Crippen LogP contribution is -2.15. The van der Waals surface area contributed by atoms with Crippen molar-refractivity contribution in [2.45, 2.75) is 20.8 Å². The maximum absolute atomic E-state index is 13.0. The minimum Gasteiger partial charge on any atom is -0.340 e. The molecule has 0 aliphatic heterocycles. The number of halogens is 1. The van der Waals surface area contributed by atoms with Gasteiger partial charge in [-0.3, -0.25) is 4.79 Å². The van der Waals surface area contributed by atoms with Crippen molar-refractivity contribution in [1.82, 2.24) is 9.97 Å². The summed E-state index contributed by atoms with van der Waals surface area (Å²) in [5.41, 5.74) is 3.85. The highest BCUT2D eigenvalue weighted by Gasteiger charge is 2.12. The first-order chi connectivity index (χ1) is 12.4. The van der Waals surface area contributed by atoms with Crippen molar-refractivity contribution in [2.75, 3.05) is 10.6 Å². The molecule has 0 radical (unpaired) electrons. The molecule has 0 aliphatic carbocycles. The van der Waals surface area contributed by atoms with Gasteiger partial charge >= 0.3 is 0 Å². The third kappa shape index (κ3) is 4.03. The van der Waals surface area contributed by atoms with Crippen molar-refractivity contribution in [3.63, 3.8) is 0 Å². The maximum atomic E-state index is 13.0. The highest BCUT2D eigenvalue weighted by atomic mass is 19.1. The molecular weight excluding hydrogens is 331 g/mol. The molecule has 0 fully saturated rings. The number of aryl methyl sites for hydroxylation is 3. The third-order valence-electron chi connectivity index (χ3n) is 3.91. The third-order valence-corrected chi connectivity index (χ3v) is 3.91. The molecule has 2 N–H and O–H groups in total. The van der Waals surface area contributed by atoms with Gasteiger partial charge in [0.15, 0.2) is 0 Å². The molecule has 0 spiro atoms. The summed E-state index contributed by atoms with van der Waals surface area (Å²) in [6.07, 6.45) is 0. The summed E-state index contributed by atoms with van der Waals surface area (Å²) in [7, 11) is 0. The van der Waals surface area contributed by atoms with Gasteiger partial charge in [-0.15, -0.1) is 0 Å². The van der Waals surface area contributed by atoms with Crippen molar-refractivity contribution in [1.29, 1.82) is 0 Å². The fraction of sp³-hybridized carbons (Fsp3) is 0.150. The van der Waals surface area contributed by atoms with Crippen LogP contribution in [0.3, 0.4) is 0 Å². The van der Waals surface area contributed by atoms with Gasteiger partial charge in [-0.2, -0.15) is 0 Å². The number of nitrogens with one attached hydrogen (secondary N) is 2. The molecule has 132 valence electrons. The minimum atomic E-state index is -0.383. The molecule has 1 amide bonds. The Kier molecular flexibility index (Phi) is 4.93. The van der Waals surface area contributed by atoms with Crippen LogP contribution in [0.4, 0.5) is 21.6 Å². The molecule has 1 aromatic heterocycles. The molecule has 26 heavy (non-hydrogen) atoms. The molecule has 0 bridgehead atoms. The zero-order chi connectivity index (χ0) is 18.7. The Hall–Kier alpha value is -3.28. The fourth-order valence-electron chi connectivity index (χ4n) is 2.62. The number of rotatable bonds is 4. The molecule has 0 aliphatic rings. The fourth-order valence-corrected chi connectivity index (χ4v) is 2.62. The summed E-state index contributed by atoms with van der Waals surface area (Å²) in [6.45, 7) is 5.74. The SMILES string of the molecule is Cc1nc(Nc2c(C)cccc2C)cc(C(=O)Nc2ccc(F)cc2)n1. The zero-order valence-corrected chi connectivity index (χ0v) is 14.8. The Balaban J connectivity index is 1.85. The van der Waals surface area contributed by atoms with Gasteiger partial charge in [0.25, 0.3) is 5.91 Å². The van der Waals surface area contributed by atoms with Gasteiger partial charge in [-0.05, 0) is 56.2 Å². The highest BCUT2D eigenvalue weighted by Crippen LogP contribution is 2.23. The Morgan fingerprint density at radius 3 is 2.27 bits per heavy atom. The number of para-hydroxylation sites is 1. The van der Waals surface area contributed by atoms with Crippen LogP contribution in [0.25, 0.3) is 0 Å². The standard InChI is InChI=1S/C20H19FN4O/c1-12-5-4-6-13(2)19(12)25-18-11-17(22-14(3)23-18)20(26)24-16-9-7-15(21)8-10-16/h4-11H,1-3H3,(H,24,26)(H,22,23,25). The molecule has 3 rings (SSSR count). The lowest BCUT2D eigenvalue weighted by atomic mass is 10.1. The van der Waals surface area contributed by atoms with E-state index in [9.17, 15) is 9.18 Å². The minimum absolute atomic E-state index is 0.232. The summed E-state index contributed by atoms with van der Waals surface area (Å²) in [5, 5.41) is 5.97. The first-order valence-electron chi connectivity index (χ1n) is 8.18. The van der Waals surface area contributed by atoms with Gasteiger partial charge in [0, 0.05) is 17.4 Å². The Labute approximate surface area is 151 Å². The summed E-state index contributed by atoms with van der Waals surface area (Å²) in [6, 6.07) is 13.2. The summed E-state index contributed by atoms with van der Waals surface area (Å²) in [4.78, 5) is 21.0. The van der Waals surface area contributed by atoms with Crippen LogP contribution in [-0.4, -0.2) is 15.9 Å². The van der Waals surface area contributed by atoms with Gasteiger partial charge < -0.3 is 10.6 Å². The van der Waals surface area contributed by atoms with E-state index in [1.54, 1.807) is 13.0 Å². The first-order valence-corrected chi connectivity index (χ1v) is 8.18. The smallest absolute Gasteiger partial charge is 0.274 e. The predicted molar refractivity (Wildman–Crippen MR) is 100 cm³/mol. The first kappa shape index (κ1) is 17.5. The number of benzene rings is 2. The Morgan fingerprint density at radius 1 is 0.962 bits per heavy atom. The van der Waals surface area contributed by atoms with Crippen molar-refractivity contribution in [3.8, 4) is 0 Å². The van der Waals surface area contributed by atoms with E-state index < -0.39 is 0 Å². The van der Waals surface area contributed by atoms with Crippen LogP contribution < -0.4 is 10.6 Å². The van der Waals surface area contributed by atoms with Crippen LogP contribution in [0.1, 0.15) is 27.4 Å². The number of carbonyl (C=O) groups is 1. The average molecular weight is 350 g/mol. The van der Waals surface area contributed by atoms with Gasteiger partial charge in [-0.1, -0.05) is 18.2 Å². The molecule has 6 heteroatoms. The summed E-state index contributed by atoms with van der Waals surface area (Å²) < 4.78 is 13.0. The van der Waals surface area contributed by atoms with Crippen LogP contribution in [0, 0.1) is 26.6 Å². The van der Waals surface area contributed by atoms with Gasteiger partial charge in [-0.25, -0.2) is 14.4 Å². The molecule has 5 nitrogen and oxygen atoms in total. The monoisotopic (exact) mass is 350 g/mol. The number of carbonyl (C=O) groups excluding carboxylic acids is 1. The number of hydrogen-bond acceptors (Lipinski definition) is 4. The Morgan fingerprint density at radius 2 is 1.62 bits per heavy atom. The van der Waals surface area contributed by atoms with Gasteiger partial charge in [0.1, 0.15) is 23.2 Å². The number of aromatic nitrogens is 2. The van der Waals surface area contributed by atoms with E-state index in [1.165, 1.54) is 24.3 Å². The summed E-state index contributed by atoms with van der Waals surface area (Å²) in [5.74, 6) is 0.275. The molecule has 0 saturated carbocycles. The van der Waals surface area contributed by atoms with E-state index in [-0.39, 0.29) is 17.4 Å². The van der Waals surface area contributed by atoms with Crippen molar-refractivity contribution >= 4 is 23.1 Å². The van der Waals surface area contributed by atoms with Crippen LogP contribution in [-0.2, 0) is 0 Å². The Bertz CT molecular complexity index is 934. The van der Waals surface area contributed by atoms with E-state index in [4.69, 9.17) is 0 Å². The van der Waals surface area contributed by atoms with Crippen molar-refractivity contribution < 1.29 is 9.18 Å². The number of amides is 1. The van der Waals surface area contributed by atoms with Crippen LogP contribution in [0.2, 0.25) is 0 Å². The molecule has 2 aromatic carbocycles. The zero-order valence-electron chi connectivity index (χ0n) is 14.8. The van der Waals surface area contributed by atoms with E-state index in [0.717, 1.165) is 16.8 Å². The molecule has 0 unspecified atom stereocenters. The molecule has 3 aromatic rings. The topological polar surface area (TPSA) is 66.9 Å². The second-order valence-electron chi connectivity index (χ2n) is 6.04. The largest absolute Gasteiger partial charge is 0.340 e. The molecule has 0 atom stereocenters. The maximum Gasteiger partial charge on any atom is 0.274 e. The van der Waals surface area contributed by atoms with E-state index in [1.807, 2.05) is 32.0 Å². The quantitative estimate of drug-likeness (QED) is 0.725. The number of nitrogens with zero attached hydrogens (tertiary/aromatic N) is 2. The lowest BCUT2D eigenvalue weighted by molar-refractivity contribution is 0.102. The average Bonchev–Trinajstić information content (AvgIpc) is 2.60. The normalized spacial score (nSPS) is 10.5. The number of hydrogen-bond donors (Lipinski definition) is 2. The van der Waals surface area contributed by atoms with Gasteiger partial charge in [0.05, 0.1) is 0 Å². The second kappa shape index (κ2) is 7.31. The van der Waals surface area contributed by atoms with Crippen molar-refractivity contribution in [3.05, 3.63) is 77.0 Å². The number of anilines is 3. The van der Waals surface area contributed by atoms with Crippen LogP contribution in [0.15, 0.2) is 48.5 Å². The van der Waals surface area contributed by atoms with E-state index in [2.05, 4.69) is 20.6 Å². The lowest BCUT2D eigenvalue weighted by Gasteiger charge is -2.13. The van der Waals surface area contributed by atoms with Crippen LogP contribution in [0.5, 0.6) is 0 Å². The van der Waals surface area contributed by atoms with Crippen molar-refractivity contribution in [2.24, 2.45) is 0 Å². The highest BCUT2D eigenvalue weighted by molar-refractivity contribution is 6.03. The van der Waals surface area contributed by atoms with E-state index >= 15 is 0 Å². The second-order valence-corrected chi connectivity index (χ2v) is 6.04. The van der Waals surface area contributed by atoms with E-state index in [0.29, 0.717) is 17.3 Å². The molecule has 0 saturated heterocycles. The molecular formula is C20H19FN4O. The summed E-state index contributed by atoms with van der Waals surface area (Å²) >= 11 is 0. The predicted octanol–water partition coefficient (Wildman–Crippen LogP) is 4.54. The molecule has 1 heterocycles.